The number of rotatable bonds is 1. The number of fused-ring (bicyclic) bond motifs is 2. The first-order valence-electron chi connectivity index (χ1n) is 6.58. The standard InChI is InChI=1S/C17H12N2O/c20-17-15-6-2-1-4-11(15)8-12-5-3-7-14(16(12)17)13-9-18-19-10-13/h1-7,9-10H,8H2,(H,18,19). The number of hydrogen-bond acceptors (Lipinski definition) is 2. The molecule has 1 aliphatic carbocycles. The molecule has 0 saturated heterocycles. The summed E-state index contributed by atoms with van der Waals surface area (Å²) in [6, 6.07) is 13.9. The second-order valence-corrected chi connectivity index (χ2v) is 4.99. The average Bonchev–Trinajstić information content (AvgIpc) is 3.01. The Morgan fingerprint density at radius 3 is 2.60 bits per heavy atom. The maximum Gasteiger partial charge on any atom is 0.194 e. The van der Waals surface area contributed by atoms with E-state index in [1.54, 1.807) is 6.20 Å². The Balaban J connectivity index is 1.97. The number of benzene rings is 2. The number of carbonyl (C=O) groups excluding carboxylic acids is 1. The van der Waals surface area contributed by atoms with Crippen molar-refractivity contribution < 1.29 is 4.79 Å². The Morgan fingerprint density at radius 1 is 0.950 bits per heavy atom. The van der Waals surface area contributed by atoms with Crippen LogP contribution in [-0.4, -0.2) is 16.0 Å². The first-order chi connectivity index (χ1) is 9.84. The van der Waals surface area contributed by atoms with Gasteiger partial charge in [-0.05, 0) is 23.1 Å². The fourth-order valence-electron chi connectivity index (χ4n) is 2.89. The van der Waals surface area contributed by atoms with Crippen LogP contribution in [0.3, 0.4) is 0 Å². The zero-order valence-electron chi connectivity index (χ0n) is 10.8. The van der Waals surface area contributed by atoms with Crippen molar-refractivity contribution in [3.63, 3.8) is 0 Å². The minimum atomic E-state index is 0.110. The van der Waals surface area contributed by atoms with E-state index in [1.807, 2.05) is 48.7 Å². The normalized spacial score (nSPS) is 12.9. The summed E-state index contributed by atoms with van der Waals surface area (Å²) in [5.41, 5.74) is 5.73. The maximum absolute atomic E-state index is 12.8. The molecule has 0 atom stereocenters. The summed E-state index contributed by atoms with van der Waals surface area (Å²) in [6.45, 7) is 0. The Morgan fingerprint density at radius 2 is 1.75 bits per heavy atom. The van der Waals surface area contributed by atoms with Crippen molar-refractivity contribution in [3.8, 4) is 11.1 Å². The minimum Gasteiger partial charge on any atom is -0.289 e. The minimum absolute atomic E-state index is 0.110. The van der Waals surface area contributed by atoms with Crippen LogP contribution < -0.4 is 0 Å². The molecule has 3 heteroatoms. The molecule has 1 N–H and O–H groups in total. The highest BCUT2D eigenvalue weighted by Crippen LogP contribution is 2.33. The van der Waals surface area contributed by atoms with Crippen molar-refractivity contribution in [2.75, 3.05) is 0 Å². The lowest BCUT2D eigenvalue weighted by Gasteiger charge is -2.20. The molecule has 96 valence electrons. The van der Waals surface area contributed by atoms with Gasteiger partial charge in [-0.2, -0.15) is 5.10 Å². The number of aromatic amines is 1. The van der Waals surface area contributed by atoms with Crippen molar-refractivity contribution in [3.05, 3.63) is 77.1 Å². The van der Waals surface area contributed by atoms with Crippen molar-refractivity contribution in [1.82, 2.24) is 10.2 Å². The van der Waals surface area contributed by atoms with Gasteiger partial charge in [0, 0.05) is 22.9 Å². The SMILES string of the molecule is O=C1c2ccccc2Cc2cccc(-c3cn[nH]c3)c21. The van der Waals surface area contributed by atoms with Gasteiger partial charge >= 0.3 is 0 Å². The van der Waals surface area contributed by atoms with Crippen molar-refractivity contribution in [1.29, 1.82) is 0 Å². The summed E-state index contributed by atoms with van der Waals surface area (Å²) >= 11 is 0. The van der Waals surface area contributed by atoms with Gasteiger partial charge < -0.3 is 0 Å². The molecule has 1 heterocycles. The summed E-state index contributed by atoms with van der Waals surface area (Å²) in [7, 11) is 0. The first-order valence-corrected chi connectivity index (χ1v) is 6.58. The quantitative estimate of drug-likeness (QED) is 0.571. The Kier molecular flexibility index (Phi) is 2.33. The fraction of sp³-hybridized carbons (Fsp3) is 0.0588. The number of aromatic nitrogens is 2. The zero-order valence-corrected chi connectivity index (χ0v) is 10.8. The van der Waals surface area contributed by atoms with Crippen LogP contribution in [0.1, 0.15) is 27.0 Å². The van der Waals surface area contributed by atoms with Gasteiger partial charge in [-0.15, -0.1) is 0 Å². The van der Waals surface area contributed by atoms with E-state index >= 15 is 0 Å². The molecule has 3 nitrogen and oxygen atoms in total. The monoisotopic (exact) mass is 260 g/mol. The Bertz CT molecular complexity index is 804. The third kappa shape index (κ3) is 1.53. The molecule has 2 aromatic carbocycles. The summed E-state index contributed by atoms with van der Waals surface area (Å²) in [5, 5.41) is 6.79. The number of ketones is 1. The molecule has 0 amide bonds. The van der Waals surface area contributed by atoms with Crippen LogP contribution in [0.4, 0.5) is 0 Å². The van der Waals surface area contributed by atoms with Gasteiger partial charge in [-0.1, -0.05) is 42.5 Å². The number of nitrogens with one attached hydrogen (secondary N) is 1. The van der Waals surface area contributed by atoms with E-state index in [2.05, 4.69) is 10.2 Å². The van der Waals surface area contributed by atoms with E-state index in [0.717, 1.165) is 39.8 Å². The van der Waals surface area contributed by atoms with Gasteiger partial charge in [0.25, 0.3) is 0 Å². The van der Waals surface area contributed by atoms with Crippen LogP contribution >= 0.6 is 0 Å². The third-order valence-electron chi connectivity index (χ3n) is 3.83. The van der Waals surface area contributed by atoms with Gasteiger partial charge in [0.2, 0.25) is 0 Å². The molecular weight excluding hydrogens is 248 g/mol. The first kappa shape index (κ1) is 11.2. The van der Waals surface area contributed by atoms with E-state index in [9.17, 15) is 4.79 Å². The largest absolute Gasteiger partial charge is 0.289 e. The Hall–Kier alpha value is -2.68. The molecule has 20 heavy (non-hydrogen) atoms. The van der Waals surface area contributed by atoms with Crippen LogP contribution in [0, 0.1) is 0 Å². The molecule has 0 fully saturated rings. The fourth-order valence-corrected chi connectivity index (χ4v) is 2.89. The second kappa shape index (κ2) is 4.17. The molecule has 0 saturated carbocycles. The molecule has 1 aromatic heterocycles. The molecule has 0 aliphatic heterocycles. The molecule has 0 bridgehead atoms. The molecule has 0 radical (unpaired) electrons. The summed E-state index contributed by atoms with van der Waals surface area (Å²) in [4.78, 5) is 12.8. The third-order valence-corrected chi connectivity index (χ3v) is 3.83. The van der Waals surface area contributed by atoms with E-state index < -0.39 is 0 Å². The molecule has 0 unspecified atom stereocenters. The van der Waals surface area contributed by atoms with Crippen LogP contribution in [0.25, 0.3) is 11.1 Å². The maximum atomic E-state index is 12.8. The number of carbonyl (C=O) groups is 1. The van der Waals surface area contributed by atoms with Crippen LogP contribution in [0.5, 0.6) is 0 Å². The number of H-pyrrole nitrogens is 1. The van der Waals surface area contributed by atoms with Crippen LogP contribution in [0.15, 0.2) is 54.9 Å². The zero-order chi connectivity index (χ0) is 13.5. The number of hydrogen-bond donors (Lipinski definition) is 1. The van der Waals surface area contributed by atoms with Crippen LogP contribution in [-0.2, 0) is 6.42 Å². The number of nitrogens with zero attached hydrogens (tertiary/aromatic N) is 1. The van der Waals surface area contributed by atoms with Crippen molar-refractivity contribution in [2.45, 2.75) is 6.42 Å². The van der Waals surface area contributed by atoms with Gasteiger partial charge in [-0.25, -0.2) is 0 Å². The van der Waals surface area contributed by atoms with E-state index in [0.29, 0.717) is 0 Å². The predicted molar refractivity (Wildman–Crippen MR) is 76.7 cm³/mol. The topological polar surface area (TPSA) is 45.8 Å². The second-order valence-electron chi connectivity index (χ2n) is 4.99. The molecule has 4 rings (SSSR count). The molecule has 1 aliphatic rings. The predicted octanol–water partition coefficient (Wildman–Crippen LogP) is 3.21. The summed E-state index contributed by atoms with van der Waals surface area (Å²) in [6.07, 6.45) is 4.38. The summed E-state index contributed by atoms with van der Waals surface area (Å²) in [5.74, 6) is 0.110. The van der Waals surface area contributed by atoms with E-state index in [1.165, 1.54) is 0 Å². The van der Waals surface area contributed by atoms with Crippen molar-refractivity contribution >= 4 is 5.78 Å². The van der Waals surface area contributed by atoms with Crippen LogP contribution in [0.2, 0.25) is 0 Å². The van der Waals surface area contributed by atoms with Gasteiger partial charge in [0.05, 0.1) is 6.20 Å². The average molecular weight is 260 g/mol. The Labute approximate surface area is 116 Å². The smallest absolute Gasteiger partial charge is 0.194 e. The lowest BCUT2D eigenvalue weighted by Crippen LogP contribution is -2.16. The van der Waals surface area contributed by atoms with Gasteiger partial charge in [0.15, 0.2) is 5.78 Å². The highest BCUT2D eigenvalue weighted by atomic mass is 16.1. The molecular formula is C17H12N2O. The lowest BCUT2D eigenvalue weighted by atomic mass is 9.82. The van der Waals surface area contributed by atoms with E-state index in [4.69, 9.17) is 0 Å². The highest BCUT2D eigenvalue weighted by molar-refractivity contribution is 6.15. The molecule has 3 aromatic rings. The highest BCUT2D eigenvalue weighted by Gasteiger charge is 2.25. The van der Waals surface area contributed by atoms with Gasteiger partial charge in [0.1, 0.15) is 0 Å². The van der Waals surface area contributed by atoms with Crippen molar-refractivity contribution in [2.24, 2.45) is 0 Å². The lowest BCUT2D eigenvalue weighted by molar-refractivity contribution is 0.103. The summed E-state index contributed by atoms with van der Waals surface area (Å²) < 4.78 is 0. The van der Waals surface area contributed by atoms with E-state index in [-0.39, 0.29) is 5.78 Å². The molecule has 0 spiro atoms. The van der Waals surface area contributed by atoms with Gasteiger partial charge in [-0.3, -0.25) is 9.89 Å².